The van der Waals surface area contributed by atoms with Crippen LogP contribution in [0.2, 0.25) is 0 Å². The molecule has 148 valence electrons. The minimum atomic E-state index is -4.29. The average molecular weight is 377 g/mol. The average Bonchev–Trinajstić information content (AvgIpc) is 2.60. The third-order valence-corrected chi connectivity index (χ3v) is 3.11. The van der Waals surface area contributed by atoms with Crippen LogP contribution < -0.4 is 15.4 Å². The summed E-state index contributed by atoms with van der Waals surface area (Å²) in [5.74, 6) is 1.24. The highest BCUT2D eigenvalue weighted by Crippen LogP contribution is 2.17. The Hall–Kier alpha value is -2.00. The van der Waals surface area contributed by atoms with Gasteiger partial charge in [-0.25, -0.2) is 0 Å². The third kappa shape index (κ3) is 10.8. The number of benzene rings is 1. The Morgan fingerprint density at radius 1 is 1.15 bits per heavy atom. The first-order valence-electron chi connectivity index (χ1n) is 8.28. The highest BCUT2D eigenvalue weighted by molar-refractivity contribution is 5.93. The van der Waals surface area contributed by atoms with E-state index in [0.717, 1.165) is 17.9 Å². The van der Waals surface area contributed by atoms with Crippen molar-refractivity contribution < 1.29 is 27.4 Å². The van der Waals surface area contributed by atoms with Crippen LogP contribution in [0.15, 0.2) is 29.3 Å². The molecule has 0 aliphatic carbocycles. The summed E-state index contributed by atoms with van der Waals surface area (Å²) < 4.78 is 51.0. The van der Waals surface area contributed by atoms with Gasteiger partial charge in [-0.2, -0.15) is 13.2 Å². The Kier molecular flexibility index (Phi) is 10.5. The molecule has 1 rings (SSSR count). The largest absolute Gasteiger partial charge is 0.493 e. The zero-order chi connectivity index (χ0) is 19.3. The molecule has 1 aromatic carbocycles. The molecule has 0 amide bonds. The van der Waals surface area contributed by atoms with Gasteiger partial charge < -0.3 is 24.8 Å². The Morgan fingerprint density at radius 2 is 1.96 bits per heavy atom. The summed E-state index contributed by atoms with van der Waals surface area (Å²) in [7, 11) is 3.26. The van der Waals surface area contributed by atoms with Gasteiger partial charge in [0.15, 0.2) is 5.96 Å². The molecule has 0 aromatic heterocycles. The summed E-state index contributed by atoms with van der Waals surface area (Å²) in [5.41, 5.74) is 0.788. The van der Waals surface area contributed by atoms with E-state index in [-0.39, 0.29) is 6.61 Å². The maximum absolute atomic E-state index is 12.0. The van der Waals surface area contributed by atoms with Crippen molar-refractivity contribution in [1.29, 1.82) is 0 Å². The molecule has 0 aliphatic rings. The third-order valence-electron chi connectivity index (χ3n) is 3.11. The highest BCUT2D eigenvalue weighted by Gasteiger charge is 2.27. The molecular formula is C17H26F3N3O3. The predicted octanol–water partition coefficient (Wildman–Crippen LogP) is 3.06. The van der Waals surface area contributed by atoms with Gasteiger partial charge in [-0.3, -0.25) is 4.99 Å². The molecule has 6 nitrogen and oxygen atoms in total. The van der Waals surface area contributed by atoms with Gasteiger partial charge in [-0.05, 0) is 18.6 Å². The quantitative estimate of drug-likeness (QED) is 0.353. The Bertz CT molecular complexity index is 539. The zero-order valence-corrected chi connectivity index (χ0v) is 15.1. The van der Waals surface area contributed by atoms with Crippen LogP contribution in [0.3, 0.4) is 0 Å². The van der Waals surface area contributed by atoms with Gasteiger partial charge in [-0.15, -0.1) is 0 Å². The van der Waals surface area contributed by atoms with Crippen molar-refractivity contribution in [2.24, 2.45) is 4.99 Å². The number of halogens is 3. The van der Waals surface area contributed by atoms with Crippen molar-refractivity contribution in [1.82, 2.24) is 5.32 Å². The van der Waals surface area contributed by atoms with E-state index in [2.05, 4.69) is 20.4 Å². The lowest BCUT2D eigenvalue weighted by atomic mass is 10.3. The lowest BCUT2D eigenvalue weighted by Gasteiger charge is -2.13. The van der Waals surface area contributed by atoms with Crippen molar-refractivity contribution in [3.63, 3.8) is 0 Å². The van der Waals surface area contributed by atoms with E-state index in [4.69, 9.17) is 9.47 Å². The molecule has 0 saturated carbocycles. The second kappa shape index (κ2) is 12.4. The summed E-state index contributed by atoms with van der Waals surface area (Å²) in [4.78, 5) is 4.07. The number of rotatable bonds is 11. The number of aliphatic imine (C=N–C) groups is 1. The van der Waals surface area contributed by atoms with Gasteiger partial charge in [0.1, 0.15) is 12.4 Å². The molecule has 9 heteroatoms. The van der Waals surface area contributed by atoms with Gasteiger partial charge in [0.05, 0.1) is 6.61 Å². The van der Waals surface area contributed by atoms with Crippen LogP contribution in [0.5, 0.6) is 5.75 Å². The number of anilines is 1. The fourth-order valence-electron chi connectivity index (χ4n) is 1.94. The van der Waals surface area contributed by atoms with E-state index >= 15 is 0 Å². The number of guanidine groups is 1. The fraction of sp³-hybridized carbons (Fsp3) is 0.588. The van der Waals surface area contributed by atoms with Gasteiger partial charge in [0.2, 0.25) is 0 Å². The van der Waals surface area contributed by atoms with Crippen molar-refractivity contribution in [3.05, 3.63) is 24.3 Å². The van der Waals surface area contributed by atoms with Crippen LogP contribution in [-0.2, 0) is 9.47 Å². The van der Waals surface area contributed by atoms with Gasteiger partial charge >= 0.3 is 6.18 Å². The van der Waals surface area contributed by atoms with E-state index in [1.165, 1.54) is 0 Å². The Morgan fingerprint density at radius 3 is 2.65 bits per heavy atom. The molecule has 0 unspecified atom stereocenters. The van der Waals surface area contributed by atoms with Crippen LogP contribution in [0, 0.1) is 0 Å². The number of ether oxygens (including phenoxy) is 3. The van der Waals surface area contributed by atoms with E-state index in [1.54, 1.807) is 14.2 Å². The minimum Gasteiger partial charge on any atom is -0.493 e. The molecule has 0 fully saturated rings. The molecule has 0 aliphatic heterocycles. The maximum Gasteiger partial charge on any atom is 0.411 e. The molecule has 2 N–H and O–H groups in total. The van der Waals surface area contributed by atoms with Crippen molar-refractivity contribution in [2.75, 3.05) is 52.4 Å². The topological polar surface area (TPSA) is 64.1 Å². The molecule has 0 bridgehead atoms. The van der Waals surface area contributed by atoms with Crippen LogP contribution in [0.4, 0.5) is 18.9 Å². The summed E-state index contributed by atoms with van der Waals surface area (Å²) in [6.45, 7) is 0.430. The maximum atomic E-state index is 12.0. The first-order valence-corrected chi connectivity index (χ1v) is 8.28. The molecule has 1 aromatic rings. The summed E-state index contributed by atoms with van der Waals surface area (Å²) in [6.07, 6.45) is -3.06. The van der Waals surface area contributed by atoms with Crippen molar-refractivity contribution >= 4 is 11.6 Å². The minimum absolute atomic E-state index is 0.0221. The number of alkyl halides is 3. The first kappa shape index (κ1) is 22.0. The van der Waals surface area contributed by atoms with E-state index in [0.29, 0.717) is 32.1 Å². The first-order chi connectivity index (χ1) is 12.4. The molecule has 26 heavy (non-hydrogen) atoms. The fourth-order valence-corrected chi connectivity index (χ4v) is 1.94. The number of nitrogens with one attached hydrogen (secondary N) is 2. The lowest BCUT2D eigenvalue weighted by molar-refractivity contribution is -0.173. The number of hydrogen-bond donors (Lipinski definition) is 2. The van der Waals surface area contributed by atoms with E-state index in [9.17, 15) is 13.2 Å². The van der Waals surface area contributed by atoms with Crippen LogP contribution in [-0.4, -0.2) is 59.3 Å². The normalized spacial score (nSPS) is 12.1. The second-order valence-electron chi connectivity index (χ2n) is 5.37. The van der Waals surface area contributed by atoms with Gasteiger partial charge in [0.25, 0.3) is 0 Å². The van der Waals surface area contributed by atoms with Crippen LogP contribution >= 0.6 is 0 Å². The monoisotopic (exact) mass is 377 g/mol. The Balaban J connectivity index is 2.31. The zero-order valence-electron chi connectivity index (χ0n) is 15.1. The van der Waals surface area contributed by atoms with Crippen molar-refractivity contribution in [2.45, 2.75) is 19.0 Å². The molecular weight excluding hydrogens is 351 g/mol. The predicted molar refractivity (Wildman–Crippen MR) is 94.9 cm³/mol. The molecule has 0 saturated heterocycles. The summed E-state index contributed by atoms with van der Waals surface area (Å²) >= 11 is 0. The van der Waals surface area contributed by atoms with Gasteiger partial charge in [-0.1, -0.05) is 6.07 Å². The van der Waals surface area contributed by atoms with Crippen molar-refractivity contribution in [3.8, 4) is 5.75 Å². The van der Waals surface area contributed by atoms with E-state index in [1.807, 2.05) is 24.3 Å². The van der Waals surface area contributed by atoms with Crippen LogP contribution in [0.25, 0.3) is 0 Å². The lowest BCUT2D eigenvalue weighted by Crippen LogP contribution is -2.32. The van der Waals surface area contributed by atoms with Crippen LogP contribution in [0.1, 0.15) is 12.8 Å². The molecule has 0 spiro atoms. The van der Waals surface area contributed by atoms with Gasteiger partial charge in [0, 0.05) is 52.1 Å². The number of nitrogens with zero attached hydrogens (tertiary/aromatic N) is 1. The SMILES string of the molecule is CN=C(NCCCOCC(F)(F)F)Nc1cccc(OCCCOC)c1. The highest BCUT2D eigenvalue weighted by atomic mass is 19.4. The van der Waals surface area contributed by atoms with E-state index < -0.39 is 12.8 Å². The smallest absolute Gasteiger partial charge is 0.411 e. The molecule has 0 heterocycles. The standard InChI is InChI=1S/C17H26F3N3O3/c1-21-16(22-8-4-10-25-13-17(18,19)20)23-14-6-3-7-15(12-14)26-11-5-9-24-2/h3,6-7,12H,4-5,8-11,13H2,1-2H3,(H2,21,22,23). The second-order valence-corrected chi connectivity index (χ2v) is 5.37. The molecule has 0 radical (unpaired) electrons. The molecule has 0 atom stereocenters. The Labute approximate surface area is 151 Å². The number of methoxy groups -OCH3 is 1. The summed E-state index contributed by atoms with van der Waals surface area (Å²) in [5, 5.41) is 6.11. The number of hydrogen-bond acceptors (Lipinski definition) is 4. The summed E-state index contributed by atoms with van der Waals surface area (Å²) in [6, 6.07) is 7.41.